The fraction of sp³-hybridized carbons (Fsp3) is 0.448. The number of amides is 3. The van der Waals surface area contributed by atoms with E-state index < -0.39 is 39.7 Å². The van der Waals surface area contributed by atoms with Gasteiger partial charge >= 0.3 is 0 Å². The van der Waals surface area contributed by atoms with Gasteiger partial charge in [-0.3, -0.25) is 23.9 Å². The van der Waals surface area contributed by atoms with Crippen molar-refractivity contribution in [2.45, 2.75) is 58.6 Å². The first-order valence-electron chi connectivity index (χ1n) is 13.8. The number of ketones is 1. The van der Waals surface area contributed by atoms with Gasteiger partial charge in [-0.05, 0) is 55.6 Å². The Labute approximate surface area is 246 Å². The van der Waals surface area contributed by atoms with E-state index in [1.807, 2.05) is 13.8 Å². The third-order valence-corrected chi connectivity index (χ3v) is 7.84. The van der Waals surface area contributed by atoms with Crippen LogP contribution in [0, 0.1) is 11.8 Å². The summed E-state index contributed by atoms with van der Waals surface area (Å²) in [6.45, 7) is 4.04. The average Bonchev–Trinajstić information content (AvgIpc) is 2.93. The van der Waals surface area contributed by atoms with Crippen molar-refractivity contribution in [1.82, 2.24) is 5.32 Å². The number of carbonyl (C=O) groups excluding carboxylic acids is 4. The molecule has 0 saturated heterocycles. The average molecular weight is 602 g/mol. The van der Waals surface area contributed by atoms with Crippen LogP contribution < -0.4 is 31.6 Å². The molecule has 3 atom stereocenters. The van der Waals surface area contributed by atoms with Gasteiger partial charge in [0.2, 0.25) is 21.8 Å². The zero-order chi connectivity index (χ0) is 31.0. The van der Waals surface area contributed by atoms with Crippen molar-refractivity contribution in [2.75, 3.05) is 22.8 Å². The Hall–Kier alpha value is -3.97. The maximum Gasteiger partial charge on any atom is 0.255 e. The SMILES string of the molecule is CC[C@H](C)[C@@H]1NC(=O)c2cc(NS(C)(=O)=O)ccc2OCc2ccc(C(N)=O)cc2NC(=O)[C@H](CCCCN)CC1=O. The quantitative estimate of drug-likeness (QED) is 0.270. The molecule has 12 nitrogen and oxygen atoms in total. The first kappa shape index (κ1) is 32.5. The van der Waals surface area contributed by atoms with Gasteiger partial charge in [0.15, 0.2) is 5.78 Å². The lowest BCUT2D eigenvalue weighted by Crippen LogP contribution is -2.46. The molecular formula is C29H39N5O7S. The number of fused-ring (bicyclic) bond motifs is 2. The maximum absolute atomic E-state index is 13.7. The Kier molecular flexibility index (Phi) is 11.1. The first-order chi connectivity index (χ1) is 19.8. The molecule has 7 N–H and O–H groups in total. The predicted molar refractivity (Wildman–Crippen MR) is 160 cm³/mol. The number of rotatable bonds is 9. The summed E-state index contributed by atoms with van der Waals surface area (Å²) in [7, 11) is -3.64. The number of Topliss-reactive ketones (excluding diaryl/α,β-unsaturated/α-hetero) is 1. The topological polar surface area (TPSA) is 200 Å². The number of nitrogens with one attached hydrogen (secondary N) is 3. The number of hydrogen-bond acceptors (Lipinski definition) is 8. The van der Waals surface area contributed by atoms with Crippen molar-refractivity contribution in [2.24, 2.45) is 23.3 Å². The van der Waals surface area contributed by atoms with E-state index in [1.165, 1.54) is 30.3 Å². The maximum atomic E-state index is 13.7. The molecule has 0 bridgehead atoms. The van der Waals surface area contributed by atoms with Crippen LogP contribution in [0.15, 0.2) is 36.4 Å². The number of sulfonamides is 1. The second kappa shape index (κ2) is 14.3. The van der Waals surface area contributed by atoms with Gasteiger partial charge in [-0.1, -0.05) is 32.8 Å². The third kappa shape index (κ3) is 8.76. The summed E-state index contributed by atoms with van der Waals surface area (Å²) >= 11 is 0. The van der Waals surface area contributed by atoms with Crippen LogP contribution in [0.1, 0.15) is 72.2 Å². The van der Waals surface area contributed by atoms with Gasteiger partial charge in [0.25, 0.3) is 5.91 Å². The monoisotopic (exact) mass is 601 g/mol. The van der Waals surface area contributed by atoms with Crippen LogP contribution in [0.2, 0.25) is 0 Å². The van der Waals surface area contributed by atoms with Gasteiger partial charge in [-0.15, -0.1) is 0 Å². The number of benzene rings is 2. The molecule has 1 aliphatic rings. The number of ether oxygens (including phenoxy) is 1. The second-order valence-corrected chi connectivity index (χ2v) is 12.3. The molecule has 3 amide bonds. The number of carbonyl (C=O) groups is 4. The summed E-state index contributed by atoms with van der Waals surface area (Å²) in [5.41, 5.74) is 12.2. The van der Waals surface area contributed by atoms with Crippen LogP contribution in [0.4, 0.5) is 11.4 Å². The highest BCUT2D eigenvalue weighted by atomic mass is 32.2. The first-order valence-corrected chi connectivity index (χ1v) is 15.7. The van der Waals surface area contributed by atoms with Gasteiger partial charge in [-0.25, -0.2) is 8.42 Å². The molecule has 2 aromatic rings. The van der Waals surface area contributed by atoms with Crippen molar-refractivity contribution in [3.63, 3.8) is 0 Å². The third-order valence-electron chi connectivity index (χ3n) is 7.23. The summed E-state index contributed by atoms with van der Waals surface area (Å²) in [5.74, 6) is -2.91. The normalized spacial score (nSPS) is 18.8. The summed E-state index contributed by atoms with van der Waals surface area (Å²) < 4.78 is 32.1. The molecule has 0 fully saturated rings. The summed E-state index contributed by atoms with van der Waals surface area (Å²) in [6, 6.07) is 7.82. The van der Waals surface area contributed by atoms with Crippen molar-refractivity contribution >= 4 is 44.9 Å². The fourth-order valence-electron chi connectivity index (χ4n) is 4.70. The van der Waals surface area contributed by atoms with Gasteiger partial charge in [0.05, 0.1) is 17.9 Å². The largest absolute Gasteiger partial charge is 0.488 e. The van der Waals surface area contributed by atoms with E-state index in [-0.39, 0.29) is 53.0 Å². The van der Waals surface area contributed by atoms with E-state index in [4.69, 9.17) is 16.2 Å². The molecule has 1 heterocycles. The van der Waals surface area contributed by atoms with Crippen molar-refractivity contribution in [3.05, 3.63) is 53.1 Å². The molecule has 228 valence electrons. The summed E-state index contributed by atoms with van der Waals surface area (Å²) in [6.07, 6.45) is 3.10. The van der Waals surface area contributed by atoms with E-state index in [0.29, 0.717) is 37.8 Å². The minimum Gasteiger partial charge on any atom is -0.488 e. The molecule has 42 heavy (non-hydrogen) atoms. The van der Waals surface area contributed by atoms with E-state index in [1.54, 1.807) is 6.07 Å². The number of primary amides is 1. The molecule has 1 aliphatic heterocycles. The molecule has 0 aromatic heterocycles. The van der Waals surface area contributed by atoms with Crippen molar-refractivity contribution in [3.8, 4) is 5.75 Å². The van der Waals surface area contributed by atoms with E-state index >= 15 is 0 Å². The van der Waals surface area contributed by atoms with E-state index in [2.05, 4.69) is 15.4 Å². The van der Waals surface area contributed by atoms with Crippen molar-refractivity contribution in [1.29, 1.82) is 0 Å². The lowest BCUT2D eigenvalue weighted by molar-refractivity contribution is -0.128. The van der Waals surface area contributed by atoms with E-state index in [9.17, 15) is 27.6 Å². The smallest absolute Gasteiger partial charge is 0.255 e. The molecule has 0 unspecified atom stereocenters. The molecule has 0 spiro atoms. The van der Waals surface area contributed by atoms with Crippen molar-refractivity contribution < 1.29 is 32.3 Å². The van der Waals surface area contributed by atoms with Crippen LogP contribution in [-0.2, 0) is 26.2 Å². The number of nitrogens with two attached hydrogens (primary N) is 2. The Morgan fingerprint density at radius 1 is 1.14 bits per heavy atom. The van der Waals surface area contributed by atoms with Gasteiger partial charge in [-0.2, -0.15) is 0 Å². The lowest BCUT2D eigenvalue weighted by atomic mass is 9.87. The van der Waals surface area contributed by atoms with Gasteiger partial charge in [0.1, 0.15) is 12.4 Å². The zero-order valence-corrected chi connectivity index (χ0v) is 24.9. The molecular weight excluding hydrogens is 562 g/mol. The minimum atomic E-state index is -3.64. The number of anilines is 2. The Morgan fingerprint density at radius 2 is 1.88 bits per heavy atom. The highest BCUT2D eigenvalue weighted by molar-refractivity contribution is 7.92. The Bertz CT molecular complexity index is 1440. The molecule has 2 aromatic carbocycles. The van der Waals surface area contributed by atoms with E-state index in [0.717, 1.165) is 6.26 Å². The second-order valence-electron chi connectivity index (χ2n) is 10.6. The number of hydrogen-bond donors (Lipinski definition) is 5. The van der Waals surface area contributed by atoms with Crippen LogP contribution in [-0.4, -0.2) is 50.8 Å². The highest BCUT2D eigenvalue weighted by Gasteiger charge is 2.32. The van der Waals surface area contributed by atoms with Crippen LogP contribution in [0.3, 0.4) is 0 Å². The van der Waals surface area contributed by atoms with Gasteiger partial charge in [0, 0.05) is 34.8 Å². The Balaban J connectivity index is 2.14. The molecule has 0 saturated carbocycles. The summed E-state index contributed by atoms with van der Waals surface area (Å²) in [4.78, 5) is 52.7. The molecule has 0 aliphatic carbocycles. The minimum absolute atomic E-state index is 0.0145. The van der Waals surface area contributed by atoms with Gasteiger partial charge < -0.3 is 26.8 Å². The standard InChI is InChI=1S/C29H39N5O7S/c1-4-17(2)26-24(35)14-19(7-5-6-12-30)28(37)32-23-13-18(27(31)36)8-9-20(23)16-41-25-11-10-21(34-42(3,39)40)15-22(25)29(38)33-26/h8-11,13,15,17,19,26,34H,4-7,12,14,16,30H2,1-3H3,(H2,31,36)(H,32,37)(H,33,38)/t17-,19+,26-/m0/s1. The summed E-state index contributed by atoms with van der Waals surface area (Å²) in [5, 5.41) is 5.67. The highest BCUT2D eigenvalue weighted by Crippen LogP contribution is 2.29. The van der Waals surface area contributed by atoms with Crippen LogP contribution >= 0.6 is 0 Å². The molecule has 0 radical (unpaired) electrons. The number of unbranched alkanes of at least 4 members (excludes halogenated alkanes) is 1. The lowest BCUT2D eigenvalue weighted by Gasteiger charge is -2.26. The molecule has 13 heteroatoms. The van der Waals surface area contributed by atoms with Crippen LogP contribution in [0.5, 0.6) is 5.75 Å². The fourth-order valence-corrected chi connectivity index (χ4v) is 5.25. The zero-order valence-electron chi connectivity index (χ0n) is 24.1. The molecule has 3 rings (SSSR count). The van der Waals surface area contributed by atoms with Crippen LogP contribution in [0.25, 0.3) is 0 Å². The Morgan fingerprint density at radius 3 is 2.52 bits per heavy atom. The predicted octanol–water partition coefficient (Wildman–Crippen LogP) is 2.54.